The van der Waals surface area contributed by atoms with Gasteiger partial charge in [0.05, 0.1) is 46.3 Å². The number of hydrogen-bond acceptors (Lipinski definition) is 5. The molecule has 3 N–H and O–H groups in total. The van der Waals surface area contributed by atoms with Gasteiger partial charge in [-0.3, -0.25) is 14.3 Å². The summed E-state index contributed by atoms with van der Waals surface area (Å²) in [6.45, 7) is 3.97. The van der Waals surface area contributed by atoms with E-state index in [0.29, 0.717) is 34.6 Å². The van der Waals surface area contributed by atoms with Crippen LogP contribution < -0.4 is 11.1 Å². The Hall–Kier alpha value is -4.58. The number of amides is 2. The van der Waals surface area contributed by atoms with E-state index in [-0.39, 0.29) is 16.8 Å². The molecule has 4 rings (SSSR count). The number of carbonyl (C=O) groups is 2. The zero-order valence-electron chi connectivity index (χ0n) is 17.9. The van der Waals surface area contributed by atoms with E-state index in [9.17, 15) is 14.0 Å². The Balaban J connectivity index is 1.66. The summed E-state index contributed by atoms with van der Waals surface area (Å²) in [7, 11) is 0. The van der Waals surface area contributed by atoms with Crippen molar-refractivity contribution in [3.63, 3.8) is 0 Å². The summed E-state index contributed by atoms with van der Waals surface area (Å²) in [5.74, 6) is -1.87. The van der Waals surface area contributed by atoms with E-state index in [1.165, 1.54) is 18.2 Å². The van der Waals surface area contributed by atoms with Crippen LogP contribution in [0.2, 0.25) is 0 Å². The van der Waals surface area contributed by atoms with E-state index in [1.807, 2.05) is 13.0 Å². The maximum absolute atomic E-state index is 13.7. The zero-order valence-corrected chi connectivity index (χ0v) is 17.9. The number of fused-ring (bicyclic) bond motifs is 1. The van der Waals surface area contributed by atoms with Gasteiger partial charge < -0.3 is 11.1 Å². The second-order valence-corrected chi connectivity index (χ2v) is 7.55. The number of nitrogens with zero attached hydrogens (tertiary/aromatic N) is 4. The Morgan fingerprint density at radius 1 is 1.18 bits per heavy atom. The van der Waals surface area contributed by atoms with Crippen LogP contribution in [0.1, 0.15) is 43.4 Å². The van der Waals surface area contributed by atoms with E-state index in [2.05, 4.69) is 21.5 Å². The van der Waals surface area contributed by atoms with Crippen LogP contribution in [0.25, 0.3) is 10.9 Å². The quantitative estimate of drug-likeness (QED) is 0.489. The lowest BCUT2D eigenvalue weighted by atomic mass is 10.1. The van der Waals surface area contributed by atoms with Crippen molar-refractivity contribution in [2.45, 2.75) is 20.4 Å². The van der Waals surface area contributed by atoms with E-state index >= 15 is 0 Å². The van der Waals surface area contributed by atoms with E-state index in [0.717, 1.165) is 11.6 Å². The predicted molar refractivity (Wildman–Crippen MR) is 120 cm³/mol. The van der Waals surface area contributed by atoms with Gasteiger partial charge in [0.2, 0.25) is 5.91 Å². The molecule has 0 aliphatic rings. The van der Waals surface area contributed by atoms with Crippen LogP contribution in [0.4, 0.5) is 10.1 Å². The lowest BCUT2D eigenvalue weighted by Gasteiger charge is -2.09. The van der Waals surface area contributed by atoms with Gasteiger partial charge in [0.25, 0.3) is 5.91 Å². The lowest BCUT2D eigenvalue weighted by Crippen LogP contribution is -2.18. The van der Waals surface area contributed by atoms with Crippen molar-refractivity contribution in [2.75, 3.05) is 5.32 Å². The second-order valence-electron chi connectivity index (χ2n) is 7.55. The molecule has 8 nitrogen and oxygen atoms in total. The van der Waals surface area contributed by atoms with Gasteiger partial charge in [0.15, 0.2) is 0 Å². The zero-order chi connectivity index (χ0) is 23.7. The SMILES string of the molecule is Cc1nn(Cc2cccc(C#N)c2)c(C)c1NC(=O)c1cc(C(N)=O)c2ccc(F)cc2n1. The summed E-state index contributed by atoms with van der Waals surface area (Å²) in [5.41, 5.74) is 8.83. The van der Waals surface area contributed by atoms with E-state index in [4.69, 9.17) is 11.0 Å². The molecule has 0 fully saturated rings. The highest BCUT2D eigenvalue weighted by molar-refractivity contribution is 6.10. The van der Waals surface area contributed by atoms with Crippen molar-refractivity contribution in [3.8, 4) is 6.07 Å². The molecule has 0 saturated heterocycles. The monoisotopic (exact) mass is 442 g/mol. The number of nitrogens with two attached hydrogens (primary N) is 1. The van der Waals surface area contributed by atoms with Crippen LogP contribution in [-0.2, 0) is 6.54 Å². The second kappa shape index (κ2) is 8.51. The topological polar surface area (TPSA) is 127 Å². The first-order valence-corrected chi connectivity index (χ1v) is 10.0. The third kappa shape index (κ3) is 4.27. The van der Waals surface area contributed by atoms with Crippen molar-refractivity contribution in [3.05, 3.63) is 88.1 Å². The van der Waals surface area contributed by atoms with Crippen LogP contribution in [0.5, 0.6) is 0 Å². The van der Waals surface area contributed by atoms with Crippen molar-refractivity contribution in [2.24, 2.45) is 5.73 Å². The highest BCUT2D eigenvalue weighted by Crippen LogP contribution is 2.23. The van der Waals surface area contributed by atoms with Crippen LogP contribution in [-0.4, -0.2) is 26.6 Å². The fourth-order valence-electron chi connectivity index (χ4n) is 3.64. The molecule has 0 radical (unpaired) electrons. The van der Waals surface area contributed by atoms with Gasteiger partial charge in [-0.2, -0.15) is 10.4 Å². The molecule has 2 amide bonds. The number of nitrogens with one attached hydrogen (secondary N) is 1. The Morgan fingerprint density at radius 2 is 1.97 bits per heavy atom. The van der Waals surface area contributed by atoms with Crippen LogP contribution in [0.3, 0.4) is 0 Å². The van der Waals surface area contributed by atoms with Gasteiger partial charge in [-0.25, -0.2) is 9.37 Å². The summed E-state index contributed by atoms with van der Waals surface area (Å²) in [6.07, 6.45) is 0. The molecule has 0 spiro atoms. The molecule has 0 bridgehead atoms. The number of nitriles is 1. The molecule has 0 aliphatic carbocycles. The highest BCUT2D eigenvalue weighted by Gasteiger charge is 2.19. The highest BCUT2D eigenvalue weighted by atomic mass is 19.1. The molecule has 0 saturated carbocycles. The van der Waals surface area contributed by atoms with E-state index < -0.39 is 17.6 Å². The van der Waals surface area contributed by atoms with Crippen LogP contribution >= 0.6 is 0 Å². The minimum absolute atomic E-state index is 0.0739. The molecule has 2 heterocycles. The molecule has 0 atom stereocenters. The smallest absolute Gasteiger partial charge is 0.274 e. The third-order valence-electron chi connectivity index (χ3n) is 5.28. The molecule has 4 aromatic rings. The Bertz CT molecular complexity index is 1470. The Morgan fingerprint density at radius 3 is 2.70 bits per heavy atom. The fraction of sp³-hybridized carbons (Fsp3) is 0.125. The maximum Gasteiger partial charge on any atom is 0.274 e. The van der Waals surface area contributed by atoms with Crippen molar-refractivity contribution < 1.29 is 14.0 Å². The first-order chi connectivity index (χ1) is 15.8. The number of pyridine rings is 1. The molecule has 2 aromatic heterocycles. The average molecular weight is 442 g/mol. The first kappa shape index (κ1) is 21.6. The molecule has 164 valence electrons. The van der Waals surface area contributed by atoms with Crippen molar-refractivity contribution >= 4 is 28.4 Å². The summed E-state index contributed by atoms with van der Waals surface area (Å²) in [4.78, 5) is 29.1. The molecular formula is C24H19FN6O2. The number of aryl methyl sites for hydroxylation is 1. The Labute approximate surface area is 188 Å². The number of benzene rings is 2. The minimum atomic E-state index is -0.747. The number of rotatable bonds is 5. The number of anilines is 1. The molecular weight excluding hydrogens is 423 g/mol. The molecule has 9 heteroatoms. The summed E-state index contributed by atoms with van der Waals surface area (Å²) in [6, 6.07) is 14.3. The fourth-order valence-corrected chi connectivity index (χ4v) is 3.64. The normalized spacial score (nSPS) is 10.7. The van der Waals surface area contributed by atoms with Gasteiger partial charge in [0.1, 0.15) is 11.5 Å². The van der Waals surface area contributed by atoms with Gasteiger partial charge in [-0.05, 0) is 49.7 Å². The Kier molecular flexibility index (Phi) is 5.58. The summed E-state index contributed by atoms with van der Waals surface area (Å²) >= 11 is 0. The van der Waals surface area contributed by atoms with Gasteiger partial charge in [-0.1, -0.05) is 12.1 Å². The summed E-state index contributed by atoms with van der Waals surface area (Å²) in [5, 5.41) is 16.7. The number of hydrogen-bond donors (Lipinski definition) is 2. The number of carbonyl (C=O) groups excluding carboxylic acids is 2. The van der Waals surface area contributed by atoms with Crippen molar-refractivity contribution in [1.29, 1.82) is 5.26 Å². The standard InChI is InChI=1S/C24H19FN6O2/c1-13-22(14(2)31(30-13)12-16-5-3-4-15(8-16)11-26)29-24(33)21-10-19(23(27)32)18-7-6-17(25)9-20(18)28-21/h3-10H,12H2,1-2H3,(H2,27,32)(H,29,33). The third-order valence-corrected chi connectivity index (χ3v) is 5.28. The maximum atomic E-state index is 13.7. The number of halogens is 1. The van der Waals surface area contributed by atoms with Crippen LogP contribution in [0, 0.1) is 31.0 Å². The van der Waals surface area contributed by atoms with Crippen LogP contribution in [0.15, 0.2) is 48.5 Å². The van der Waals surface area contributed by atoms with E-state index in [1.54, 1.807) is 29.8 Å². The largest absolute Gasteiger partial charge is 0.366 e. The molecule has 0 unspecified atom stereocenters. The minimum Gasteiger partial charge on any atom is -0.366 e. The molecule has 0 aliphatic heterocycles. The van der Waals surface area contributed by atoms with Gasteiger partial charge in [0, 0.05) is 11.5 Å². The van der Waals surface area contributed by atoms with Gasteiger partial charge in [-0.15, -0.1) is 0 Å². The first-order valence-electron chi connectivity index (χ1n) is 10.0. The molecule has 2 aromatic carbocycles. The number of aromatic nitrogens is 3. The van der Waals surface area contributed by atoms with Gasteiger partial charge >= 0.3 is 0 Å². The average Bonchev–Trinajstić information content (AvgIpc) is 3.05. The number of primary amides is 1. The van der Waals surface area contributed by atoms with Crippen molar-refractivity contribution in [1.82, 2.24) is 14.8 Å². The lowest BCUT2D eigenvalue weighted by molar-refractivity contribution is 0.100. The predicted octanol–water partition coefficient (Wildman–Crippen LogP) is 3.46. The molecule has 33 heavy (non-hydrogen) atoms. The summed E-state index contributed by atoms with van der Waals surface area (Å²) < 4.78 is 15.4.